The summed E-state index contributed by atoms with van der Waals surface area (Å²) >= 11 is 0. The Morgan fingerprint density at radius 2 is 1.50 bits per heavy atom. The molecule has 0 aliphatic carbocycles. The molecule has 2 aromatic rings. The fraction of sp³-hybridized carbons (Fsp3) is 0.348. The van der Waals surface area contributed by atoms with E-state index in [-0.39, 0.29) is 23.7 Å². The van der Waals surface area contributed by atoms with Crippen molar-refractivity contribution in [3.63, 3.8) is 0 Å². The van der Waals surface area contributed by atoms with Gasteiger partial charge >= 0.3 is 6.03 Å². The summed E-state index contributed by atoms with van der Waals surface area (Å²) in [5.74, 6) is -2.00. The molecule has 2 aliphatic heterocycles. The van der Waals surface area contributed by atoms with E-state index in [0.29, 0.717) is 11.4 Å². The molecule has 7 nitrogen and oxygen atoms in total. The van der Waals surface area contributed by atoms with Gasteiger partial charge in [-0.15, -0.1) is 0 Å². The van der Waals surface area contributed by atoms with Crippen LogP contribution in [-0.4, -0.2) is 41.7 Å². The van der Waals surface area contributed by atoms with Crippen LogP contribution in [0.25, 0.3) is 0 Å². The van der Waals surface area contributed by atoms with Gasteiger partial charge in [-0.05, 0) is 49.2 Å². The molecule has 0 saturated carbocycles. The van der Waals surface area contributed by atoms with Crippen molar-refractivity contribution < 1.29 is 23.2 Å². The number of carbonyl (C=O) groups is 2. The van der Waals surface area contributed by atoms with Gasteiger partial charge in [-0.2, -0.15) is 0 Å². The second-order valence-corrected chi connectivity index (χ2v) is 7.83. The lowest BCUT2D eigenvalue weighted by molar-refractivity contribution is -0.125. The third-order valence-electron chi connectivity index (χ3n) is 5.51. The average Bonchev–Trinajstić information content (AvgIpc) is 3.09. The summed E-state index contributed by atoms with van der Waals surface area (Å²) in [4.78, 5) is 31.8. The SMILES string of the molecule is O=C(Nc1ccc(NC(=O)N2CCCCCC2)cc1)[C@H]1CC(c2c(F)cccc2F)=NO1. The molecule has 0 radical (unpaired) electrons. The number of benzene rings is 2. The zero-order chi connectivity index (χ0) is 22.5. The van der Waals surface area contributed by atoms with Gasteiger partial charge in [-0.1, -0.05) is 24.1 Å². The summed E-state index contributed by atoms with van der Waals surface area (Å²) in [7, 11) is 0. The molecule has 0 unspecified atom stereocenters. The second-order valence-electron chi connectivity index (χ2n) is 7.83. The van der Waals surface area contributed by atoms with Crippen molar-refractivity contribution in [2.24, 2.45) is 5.16 Å². The molecular weight excluding hydrogens is 418 g/mol. The Kier molecular flexibility index (Phi) is 6.63. The molecule has 4 rings (SSSR count). The number of anilines is 2. The fourth-order valence-electron chi connectivity index (χ4n) is 3.78. The van der Waals surface area contributed by atoms with Crippen molar-refractivity contribution in [1.29, 1.82) is 0 Å². The summed E-state index contributed by atoms with van der Waals surface area (Å²) in [6.07, 6.45) is 3.27. The Hall–Kier alpha value is -3.49. The molecule has 2 aromatic carbocycles. The molecule has 9 heteroatoms. The van der Waals surface area contributed by atoms with Crippen LogP contribution >= 0.6 is 0 Å². The number of nitrogens with one attached hydrogen (secondary N) is 2. The number of amides is 3. The Morgan fingerprint density at radius 3 is 2.12 bits per heavy atom. The first kappa shape index (κ1) is 21.7. The monoisotopic (exact) mass is 442 g/mol. The van der Waals surface area contributed by atoms with Crippen LogP contribution in [0.4, 0.5) is 25.0 Å². The highest BCUT2D eigenvalue weighted by Crippen LogP contribution is 2.23. The Morgan fingerprint density at radius 1 is 0.906 bits per heavy atom. The first-order valence-corrected chi connectivity index (χ1v) is 10.7. The van der Waals surface area contributed by atoms with E-state index >= 15 is 0 Å². The molecule has 168 valence electrons. The van der Waals surface area contributed by atoms with Gasteiger partial charge in [0.1, 0.15) is 11.6 Å². The minimum Gasteiger partial charge on any atom is -0.382 e. The maximum Gasteiger partial charge on any atom is 0.321 e. The van der Waals surface area contributed by atoms with Crippen molar-refractivity contribution in [3.8, 4) is 0 Å². The molecule has 1 saturated heterocycles. The highest BCUT2D eigenvalue weighted by molar-refractivity contribution is 6.06. The van der Waals surface area contributed by atoms with Crippen molar-refractivity contribution in [3.05, 3.63) is 59.7 Å². The molecule has 0 bridgehead atoms. The first-order valence-electron chi connectivity index (χ1n) is 10.7. The van der Waals surface area contributed by atoms with Gasteiger partial charge in [-0.25, -0.2) is 13.6 Å². The summed E-state index contributed by atoms with van der Waals surface area (Å²) in [6.45, 7) is 1.50. The van der Waals surface area contributed by atoms with E-state index in [1.54, 1.807) is 24.3 Å². The fourth-order valence-corrected chi connectivity index (χ4v) is 3.78. The lowest BCUT2D eigenvalue weighted by Crippen LogP contribution is -2.35. The maximum absolute atomic E-state index is 13.9. The number of carbonyl (C=O) groups excluding carboxylic acids is 2. The number of nitrogens with zero attached hydrogens (tertiary/aromatic N) is 2. The van der Waals surface area contributed by atoms with Gasteiger partial charge < -0.3 is 20.4 Å². The Labute approximate surface area is 184 Å². The molecule has 3 amide bonds. The van der Waals surface area contributed by atoms with Gasteiger partial charge in [0.05, 0.1) is 11.3 Å². The summed E-state index contributed by atoms with van der Waals surface area (Å²) in [5.41, 5.74) is 0.881. The van der Waals surface area contributed by atoms with E-state index in [1.807, 2.05) is 4.90 Å². The van der Waals surface area contributed by atoms with Crippen molar-refractivity contribution in [1.82, 2.24) is 4.90 Å². The number of halogens is 2. The van der Waals surface area contributed by atoms with Crippen LogP contribution in [0.5, 0.6) is 0 Å². The standard InChI is InChI=1S/C23H24F2N4O3/c24-17-6-5-7-18(25)21(17)19-14-20(32-28-19)22(30)26-15-8-10-16(11-9-15)27-23(31)29-12-3-1-2-4-13-29/h5-11,20H,1-4,12-14H2,(H,26,30)(H,27,31)/t20-/m1/s1. The van der Waals surface area contributed by atoms with Gasteiger partial charge in [0.2, 0.25) is 6.10 Å². The molecule has 2 N–H and O–H groups in total. The number of likely N-dealkylation sites (tertiary alicyclic amines) is 1. The summed E-state index contributed by atoms with van der Waals surface area (Å²) in [5, 5.41) is 9.25. The molecule has 0 aromatic heterocycles. The zero-order valence-corrected chi connectivity index (χ0v) is 17.4. The van der Waals surface area contributed by atoms with Crippen LogP contribution in [0.2, 0.25) is 0 Å². The molecule has 32 heavy (non-hydrogen) atoms. The number of hydrogen-bond donors (Lipinski definition) is 2. The van der Waals surface area contributed by atoms with Crippen LogP contribution in [-0.2, 0) is 9.63 Å². The molecule has 2 aliphatic rings. The zero-order valence-electron chi connectivity index (χ0n) is 17.4. The molecule has 1 atom stereocenters. The predicted octanol–water partition coefficient (Wildman–Crippen LogP) is 4.50. The van der Waals surface area contributed by atoms with Gasteiger partial charge in [-0.3, -0.25) is 4.79 Å². The number of hydrogen-bond acceptors (Lipinski definition) is 4. The van der Waals surface area contributed by atoms with Crippen LogP contribution < -0.4 is 10.6 Å². The normalized spacial score (nSPS) is 18.4. The Bertz CT molecular complexity index is 998. The summed E-state index contributed by atoms with van der Waals surface area (Å²) < 4.78 is 27.9. The smallest absolute Gasteiger partial charge is 0.321 e. The van der Waals surface area contributed by atoms with Gasteiger partial charge in [0.15, 0.2) is 0 Å². The highest BCUT2D eigenvalue weighted by atomic mass is 19.1. The first-order chi connectivity index (χ1) is 15.5. The summed E-state index contributed by atoms with van der Waals surface area (Å²) in [6, 6.07) is 10.1. The number of urea groups is 1. The lowest BCUT2D eigenvalue weighted by Gasteiger charge is -2.20. The largest absolute Gasteiger partial charge is 0.382 e. The van der Waals surface area contributed by atoms with Gasteiger partial charge in [0, 0.05) is 30.9 Å². The Balaban J connectivity index is 1.31. The molecule has 2 heterocycles. The van der Waals surface area contributed by atoms with E-state index in [1.165, 1.54) is 6.07 Å². The van der Waals surface area contributed by atoms with E-state index in [9.17, 15) is 18.4 Å². The number of rotatable bonds is 4. The number of oxime groups is 1. The third kappa shape index (κ3) is 5.04. The second kappa shape index (κ2) is 9.76. The van der Waals surface area contributed by atoms with E-state index in [0.717, 1.165) is 50.9 Å². The highest BCUT2D eigenvalue weighted by Gasteiger charge is 2.31. The lowest BCUT2D eigenvalue weighted by atomic mass is 10.0. The topological polar surface area (TPSA) is 83.0 Å². The molecule has 0 spiro atoms. The van der Waals surface area contributed by atoms with Crippen LogP contribution in [0.1, 0.15) is 37.7 Å². The van der Waals surface area contributed by atoms with Crippen molar-refractivity contribution in [2.45, 2.75) is 38.2 Å². The van der Waals surface area contributed by atoms with E-state index in [4.69, 9.17) is 4.84 Å². The molecule has 1 fully saturated rings. The third-order valence-corrected chi connectivity index (χ3v) is 5.51. The van der Waals surface area contributed by atoms with Crippen LogP contribution in [0, 0.1) is 11.6 Å². The quantitative estimate of drug-likeness (QED) is 0.731. The van der Waals surface area contributed by atoms with Crippen LogP contribution in [0.3, 0.4) is 0 Å². The van der Waals surface area contributed by atoms with Gasteiger partial charge in [0.25, 0.3) is 5.91 Å². The van der Waals surface area contributed by atoms with Crippen molar-refractivity contribution >= 4 is 29.0 Å². The molecular formula is C23H24F2N4O3. The van der Waals surface area contributed by atoms with Crippen molar-refractivity contribution in [2.75, 3.05) is 23.7 Å². The maximum atomic E-state index is 13.9. The minimum absolute atomic E-state index is 0.0480. The predicted molar refractivity (Wildman–Crippen MR) is 117 cm³/mol. The average molecular weight is 442 g/mol. The minimum atomic E-state index is -0.994. The van der Waals surface area contributed by atoms with E-state index < -0.39 is 23.6 Å². The van der Waals surface area contributed by atoms with E-state index in [2.05, 4.69) is 15.8 Å². The van der Waals surface area contributed by atoms with Crippen LogP contribution in [0.15, 0.2) is 47.6 Å².